The molecule has 0 spiro atoms. The number of likely N-dealkylation sites (tertiary alicyclic amines) is 1. The van der Waals surface area contributed by atoms with Crippen LogP contribution >= 0.6 is 11.6 Å². The summed E-state index contributed by atoms with van der Waals surface area (Å²) >= 11 is 6.21. The van der Waals surface area contributed by atoms with Gasteiger partial charge < -0.3 is 15.0 Å². The third-order valence-electron chi connectivity index (χ3n) is 4.27. The third-order valence-corrected chi connectivity index (χ3v) is 4.56. The molecule has 2 N–H and O–H groups in total. The van der Waals surface area contributed by atoms with Crippen molar-refractivity contribution in [1.29, 1.82) is 0 Å². The maximum atomic E-state index is 10.8. The summed E-state index contributed by atoms with van der Waals surface area (Å²) in [6, 6.07) is 5.60. The van der Waals surface area contributed by atoms with Crippen molar-refractivity contribution in [2.45, 2.75) is 32.2 Å². The fourth-order valence-corrected chi connectivity index (χ4v) is 3.25. The van der Waals surface area contributed by atoms with E-state index in [0.29, 0.717) is 22.6 Å². The predicted octanol–water partition coefficient (Wildman–Crippen LogP) is 2.28. The van der Waals surface area contributed by atoms with Gasteiger partial charge >= 0.3 is 0 Å². The Morgan fingerprint density at radius 1 is 1.44 bits per heavy atom. The van der Waals surface area contributed by atoms with Gasteiger partial charge in [-0.2, -0.15) is 4.98 Å². The third kappa shape index (κ3) is 4.70. The molecule has 2 aromatic rings. The van der Waals surface area contributed by atoms with Crippen LogP contribution in [0.15, 0.2) is 22.7 Å². The molecule has 0 atom stereocenters. The maximum Gasteiger partial charge on any atom is 0.255 e. The van der Waals surface area contributed by atoms with Gasteiger partial charge in [0.25, 0.3) is 5.91 Å². The van der Waals surface area contributed by atoms with E-state index in [1.165, 1.54) is 0 Å². The summed E-state index contributed by atoms with van der Waals surface area (Å²) in [6.07, 6.45) is 2.01. The van der Waals surface area contributed by atoms with Gasteiger partial charge in [-0.25, -0.2) is 0 Å². The second-order valence-corrected chi connectivity index (χ2v) is 6.65. The van der Waals surface area contributed by atoms with Crippen molar-refractivity contribution in [3.8, 4) is 5.75 Å². The fourth-order valence-electron chi connectivity index (χ4n) is 3.00. The number of carbonyl (C=O) groups excluding carboxylic acids is 1. The maximum absolute atomic E-state index is 10.8. The topological polar surface area (TPSA) is 94.5 Å². The number of ether oxygens (including phenoxy) is 1. The molecule has 1 amide bonds. The quantitative estimate of drug-likeness (QED) is 0.844. The van der Waals surface area contributed by atoms with E-state index in [2.05, 4.69) is 15.0 Å². The predicted molar refractivity (Wildman–Crippen MR) is 92.4 cm³/mol. The Morgan fingerprint density at radius 2 is 2.20 bits per heavy atom. The van der Waals surface area contributed by atoms with Crippen LogP contribution in [0.2, 0.25) is 5.02 Å². The first-order valence-corrected chi connectivity index (χ1v) is 8.61. The summed E-state index contributed by atoms with van der Waals surface area (Å²) < 4.78 is 10.3. The molecule has 7 nitrogen and oxygen atoms in total. The van der Waals surface area contributed by atoms with Crippen LogP contribution in [0.5, 0.6) is 5.75 Å². The SMILES string of the molecule is Cc1nc(C2CCN(Cc3ccc(OCC(N)=O)c(Cl)c3)CC2)no1. The fraction of sp³-hybridized carbons (Fsp3) is 0.471. The van der Waals surface area contributed by atoms with E-state index in [4.69, 9.17) is 26.6 Å². The van der Waals surface area contributed by atoms with Crippen LogP contribution in [0.3, 0.4) is 0 Å². The molecule has 25 heavy (non-hydrogen) atoms. The lowest BCUT2D eigenvalue weighted by Crippen LogP contribution is -2.32. The van der Waals surface area contributed by atoms with Crippen molar-refractivity contribution in [1.82, 2.24) is 15.0 Å². The minimum Gasteiger partial charge on any atom is -0.482 e. The standard InChI is InChI=1S/C17H21ClN4O3/c1-11-20-17(21-25-11)13-4-6-22(7-5-13)9-12-2-3-15(14(18)8-12)24-10-16(19)23/h2-3,8,13H,4-7,9-10H2,1H3,(H2,19,23). The summed E-state index contributed by atoms with van der Waals surface area (Å²) in [5, 5.41) is 4.51. The Bertz CT molecular complexity index is 741. The Kier molecular flexibility index (Phi) is 5.55. The largest absolute Gasteiger partial charge is 0.482 e. The number of rotatable bonds is 6. The molecule has 0 radical (unpaired) electrons. The van der Waals surface area contributed by atoms with Gasteiger partial charge in [-0.15, -0.1) is 0 Å². The summed E-state index contributed by atoms with van der Waals surface area (Å²) in [5.74, 6) is 1.74. The average Bonchev–Trinajstić information content (AvgIpc) is 3.01. The highest BCUT2D eigenvalue weighted by Gasteiger charge is 2.24. The van der Waals surface area contributed by atoms with Crippen molar-refractivity contribution in [2.75, 3.05) is 19.7 Å². The lowest BCUT2D eigenvalue weighted by atomic mass is 9.96. The molecule has 1 aliphatic heterocycles. The number of primary amides is 1. The zero-order chi connectivity index (χ0) is 17.8. The molecule has 1 fully saturated rings. The first kappa shape index (κ1) is 17.7. The molecular weight excluding hydrogens is 344 g/mol. The molecule has 8 heteroatoms. The minimum absolute atomic E-state index is 0.178. The number of piperidine rings is 1. The molecule has 0 aliphatic carbocycles. The van der Waals surface area contributed by atoms with Gasteiger partial charge in [0.2, 0.25) is 5.89 Å². The molecular formula is C17H21ClN4O3. The number of hydrogen-bond acceptors (Lipinski definition) is 6. The van der Waals surface area contributed by atoms with E-state index >= 15 is 0 Å². The number of nitrogens with two attached hydrogens (primary N) is 1. The van der Waals surface area contributed by atoms with Crippen molar-refractivity contribution < 1.29 is 14.1 Å². The molecule has 134 valence electrons. The normalized spacial score (nSPS) is 16.1. The number of nitrogens with zero attached hydrogens (tertiary/aromatic N) is 3. The molecule has 1 aromatic carbocycles. The van der Waals surface area contributed by atoms with Crippen LogP contribution in [0.1, 0.15) is 36.0 Å². The average molecular weight is 365 g/mol. The highest BCUT2D eigenvalue weighted by Crippen LogP contribution is 2.29. The van der Waals surface area contributed by atoms with E-state index in [0.717, 1.165) is 43.9 Å². The Hall–Kier alpha value is -2.12. The van der Waals surface area contributed by atoms with Crippen LogP contribution < -0.4 is 10.5 Å². The van der Waals surface area contributed by atoms with E-state index in [1.54, 1.807) is 6.07 Å². The molecule has 1 saturated heterocycles. The van der Waals surface area contributed by atoms with Crippen LogP contribution in [0.25, 0.3) is 0 Å². The molecule has 3 rings (SSSR count). The van der Waals surface area contributed by atoms with E-state index in [-0.39, 0.29) is 6.61 Å². The van der Waals surface area contributed by atoms with Crippen LogP contribution in [-0.4, -0.2) is 40.6 Å². The summed E-state index contributed by atoms with van der Waals surface area (Å²) in [6.45, 7) is 4.38. The van der Waals surface area contributed by atoms with Crippen molar-refractivity contribution >= 4 is 17.5 Å². The van der Waals surface area contributed by atoms with Gasteiger partial charge in [0.1, 0.15) is 5.75 Å². The molecule has 1 aliphatic rings. The van der Waals surface area contributed by atoms with Gasteiger partial charge in [-0.3, -0.25) is 9.69 Å². The van der Waals surface area contributed by atoms with Crippen LogP contribution in [0, 0.1) is 6.92 Å². The van der Waals surface area contributed by atoms with E-state index < -0.39 is 5.91 Å². The molecule has 2 heterocycles. The van der Waals surface area contributed by atoms with Gasteiger partial charge in [-0.1, -0.05) is 22.8 Å². The minimum atomic E-state index is -0.528. The number of benzene rings is 1. The van der Waals surface area contributed by atoms with Gasteiger partial charge in [-0.05, 0) is 43.6 Å². The van der Waals surface area contributed by atoms with Crippen LogP contribution in [0.4, 0.5) is 0 Å². The Morgan fingerprint density at radius 3 is 2.80 bits per heavy atom. The van der Waals surface area contributed by atoms with E-state index in [1.807, 2.05) is 19.1 Å². The Balaban J connectivity index is 1.53. The number of halogens is 1. The first-order chi connectivity index (χ1) is 12.0. The summed E-state index contributed by atoms with van der Waals surface area (Å²) in [4.78, 5) is 17.5. The highest BCUT2D eigenvalue weighted by molar-refractivity contribution is 6.32. The number of aryl methyl sites for hydroxylation is 1. The van der Waals surface area contributed by atoms with Crippen molar-refractivity contribution in [3.05, 3.63) is 40.5 Å². The number of hydrogen-bond donors (Lipinski definition) is 1. The monoisotopic (exact) mass is 364 g/mol. The summed E-state index contributed by atoms with van der Waals surface area (Å²) in [5.41, 5.74) is 6.17. The van der Waals surface area contributed by atoms with Gasteiger partial charge in [0, 0.05) is 19.4 Å². The van der Waals surface area contributed by atoms with E-state index in [9.17, 15) is 4.79 Å². The molecule has 0 bridgehead atoms. The highest BCUT2D eigenvalue weighted by atomic mass is 35.5. The zero-order valence-corrected chi connectivity index (χ0v) is 14.8. The number of amides is 1. The Labute approximate surface area is 151 Å². The molecule has 1 aromatic heterocycles. The van der Waals surface area contributed by atoms with Gasteiger partial charge in [0.05, 0.1) is 5.02 Å². The summed E-state index contributed by atoms with van der Waals surface area (Å²) in [7, 11) is 0. The van der Waals surface area contributed by atoms with Crippen LogP contribution in [-0.2, 0) is 11.3 Å². The number of aromatic nitrogens is 2. The smallest absolute Gasteiger partial charge is 0.255 e. The van der Waals surface area contributed by atoms with Crippen molar-refractivity contribution in [3.63, 3.8) is 0 Å². The molecule has 0 saturated carbocycles. The number of carbonyl (C=O) groups is 1. The zero-order valence-electron chi connectivity index (χ0n) is 14.1. The molecule has 0 unspecified atom stereocenters. The van der Waals surface area contributed by atoms with Crippen molar-refractivity contribution in [2.24, 2.45) is 5.73 Å². The second kappa shape index (κ2) is 7.84. The lowest BCUT2D eigenvalue weighted by Gasteiger charge is -2.30. The van der Waals surface area contributed by atoms with Gasteiger partial charge in [0.15, 0.2) is 12.4 Å². The first-order valence-electron chi connectivity index (χ1n) is 8.23. The second-order valence-electron chi connectivity index (χ2n) is 6.24. The lowest BCUT2D eigenvalue weighted by molar-refractivity contribution is -0.119.